The lowest BCUT2D eigenvalue weighted by Crippen LogP contribution is -2.42. The van der Waals surface area contributed by atoms with Crippen molar-refractivity contribution in [2.24, 2.45) is 0 Å². The minimum atomic E-state index is -3.87. The lowest BCUT2D eigenvalue weighted by atomic mass is 10.1. The van der Waals surface area contributed by atoms with Crippen LogP contribution < -0.4 is 4.72 Å². The second kappa shape index (κ2) is 5.03. The van der Waals surface area contributed by atoms with E-state index in [4.69, 9.17) is 11.5 Å². The van der Waals surface area contributed by atoms with Crippen LogP contribution in [-0.2, 0) is 10.0 Å². The monoisotopic (exact) mass is 281 g/mol. The van der Waals surface area contributed by atoms with Crippen LogP contribution in [0.1, 0.15) is 29.8 Å². The molecular weight excluding hydrogens is 266 g/mol. The average Bonchev–Trinajstić information content (AvgIpc) is 2.27. The molecule has 0 unspecified atom stereocenters. The van der Waals surface area contributed by atoms with Gasteiger partial charge in [-0.1, -0.05) is 12.0 Å². The highest BCUT2D eigenvalue weighted by Crippen LogP contribution is 2.20. The molecule has 0 radical (unpaired) electrons. The summed E-state index contributed by atoms with van der Waals surface area (Å²) in [4.78, 5) is 10.9. The van der Waals surface area contributed by atoms with Gasteiger partial charge in [0, 0.05) is 0 Å². The highest BCUT2D eigenvalue weighted by atomic mass is 32.2. The van der Waals surface area contributed by atoms with E-state index in [9.17, 15) is 13.2 Å². The van der Waals surface area contributed by atoms with Crippen LogP contribution in [0, 0.1) is 19.3 Å². The van der Waals surface area contributed by atoms with E-state index < -0.39 is 21.5 Å². The third-order valence-electron chi connectivity index (χ3n) is 2.55. The Labute approximate surface area is 112 Å². The van der Waals surface area contributed by atoms with Crippen LogP contribution in [0.5, 0.6) is 0 Å². The molecule has 0 fully saturated rings. The smallest absolute Gasteiger partial charge is 0.335 e. The Morgan fingerprint density at radius 2 is 2.00 bits per heavy atom. The van der Waals surface area contributed by atoms with Crippen molar-refractivity contribution in [3.8, 4) is 12.3 Å². The van der Waals surface area contributed by atoms with Crippen molar-refractivity contribution in [1.29, 1.82) is 0 Å². The number of aromatic carboxylic acids is 1. The normalized spacial score (nSPS) is 11.9. The molecule has 0 aromatic heterocycles. The Kier molecular flexibility index (Phi) is 4.03. The van der Waals surface area contributed by atoms with E-state index in [1.54, 1.807) is 13.8 Å². The van der Waals surface area contributed by atoms with Gasteiger partial charge in [0.15, 0.2) is 0 Å². The Hall–Kier alpha value is -1.84. The van der Waals surface area contributed by atoms with Gasteiger partial charge in [0.05, 0.1) is 16.0 Å². The van der Waals surface area contributed by atoms with Crippen LogP contribution in [0.2, 0.25) is 0 Å². The molecule has 6 heteroatoms. The molecule has 19 heavy (non-hydrogen) atoms. The zero-order chi connectivity index (χ0) is 14.8. The topological polar surface area (TPSA) is 83.5 Å². The molecule has 102 valence electrons. The van der Waals surface area contributed by atoms with Crippen LogP contribution in [-0.4, -0.2) is 25.0 Å². The van der Waals surface area contributed by atoms with Crippen molar-refractivity contribution < 1.29 is 18.3 Å². The Morgan fingerprint density at radius 3 is 2.47 bits per heavy atom. The van der Waals surface area contributed by atoms with Gasteiger partial charge in [0.25, 0.3) is 0 Å². The lowest BCUT2D eigenvalue weighted by Gasteiger charge is -2.20. The van der Waals surface area contributed by atoms with Gasteiger partial charge in [-0.3, -0.25) is 0 Å². The van der Waals surface area contributed by atoms with E-state index >= 15 is 0 Å². The van der Waals surface area contributed by atoms with E-state index in [0.29, 0.717) is 0 Å². The van der Waals surface area contributed by atoms with Gasteiger partial charge < -0.3 is 5.11 Å². The first kappa shape index (κ1) is 15.2. The number of benzene rings is 1. The summed E-state index contributed by atoms with van der Waals surface area (Å²) < 4.78 is 26.8. The van der Waals surface area contributed by atoms with Crippen molar-refractivity contribution in [2.75, 3.05) is 0 Å². The summed E-state index contributed by atoms with van der Waals surface area (Å²) in [6.45, 7) is 4.53. The zero-order valence-electron chi connectivity index (χ0n) is 10.9. The van der Waals surface area contributed by atoms with E-state index in [0.717, 1.165) is 0 Å². The number of carbonyl (C=O) groups is 1. The predicted molar refractivity (Wildman–Crippen MR) is 71.4 cm³/mol. The van der Waals surface area contributed by atoms with E-state index in [-0.39, 0.29) is 16.0 Å². The summed E-state index contributed by atoms with van der Waals surface area (Å²) in [6, 6.07) is 4.08. The summed E-state index contributed by atoms with van der Waals surface area (Å²) >= 11 is 0. The Morgan fingerprint density at radius 1 is 1.42 bits per heavy atom. The first-order valence-corrected chi connectivity index (χ1v) is 6.94. The van der Waals surface area contributed by atoms with Crippen molar-refractivity contribution in [3.05, 3.63) is 29.3 Å². The minimum Gasteiger partial charge on any atom is -0.478 e. The summed E-state index contributed by atoms with van der Waals surface area (Å²) in [5.74, 6) is 1.14. The standard InChI is InChI=1S/C13H15NO4S/c1-5-13(3,4)14-19(17,18)11-8-6-7-10(9(11)2)12(15)16/h1,6-8,14H,2-4H3,(H,15,16). The van der Waals surface area contributed by atoms with Crippen LogP contribution in [0.15, 0.2) is 23.1 Å². The number of rotatable bonds is 4. The van der Waals surface area contributed by atoms with E-state index in [2.05, 4.69) is 10.6 Å². The third-order valence-corrected chi connectivity index (χ3v) is 4.35. The number of terminal acetylenes is 1. The molecule has 0 atom stereocenters. The van der Waals surface area contributed by atoms with Crippen LogP contribution in [0.4, 0.5) is 0 Å². The number of sulfonamides is 1. The fourth-order valence-corrected chi connectivity index (χ4v) is 3.17. The molecular formula is C13H15NO4S. The van der Waals surface area contributed by atoms with Gasteiger partial charge in [-0.2, -0.15) is 4.72 Å². The summed E-state index contributed by atoms with van der Waals surface area (Å²) in [6.07, 6.45) is 5.24. The maximum Gasteiger partial charge on any atom is 0.335 e. The molecule has 0 saturated heterocycles. The summed E-state index contributed by atoms with van der Waals surface area (Å²) in [7, 11) is -3.87. The maximum absolute atomic E-state index is 12.2. The fraction of sp³-hybridized carbons (Fsp3) is 0.308. The predicted octanol–water partition coefficient (Wildman–Crippen LogP) is 1.38. The van der Waals surface area contributed by atoms with Crippen LogP contribution in [0.3, 0.4) is 0 Å². The molecule has 1 rings (SSSR count). The molecule has 0 aliphatic carbocycles. The average molecular weight is 281 g/mol. The highest BCUT2D eigenvalue weighted by Gasteiger charge is 2.26. The molecule has 5 nitrogen and oxygen atoms in total. The number of carboxylic acids is 1. The lowest BCUT2D eigenvalue weighted by molar-refractivity contribution is 0.0696. The van der Waals surface area contributed by atoms with Gasteiger partial charge in [0.2, 0.25) is 10.0 Å². The molecule has 0 saturated carbocycles. The number of carboxylic acid groups (broad SMARTS) is 1. The van der Waals surface area contributed by atoms with Crippen LogP contribution in [0.25, 0.3) is 0 Å². The molecule has 0 aliphatic rings. The summed E-state index contributed by atoms with van der Waals surface area (Å²) in [5, 5.41) is 8.99. The van der Waals surface area contributed by atoms with Gasteiger partial charge in [-0.25, -0.2) is 13.2 Å². The largest absolute Gasteiger partial charge is 0.478 e. The SMILES string of the molecule is C#CC(C)(C)NS(=O)(=O)c1cccc(C(=O)O)c1C. The van der Waals surface area contributed by atoms with Crippen molar-refractivity contribution in [2.45, 2.75) is 31.2 Å². The van der Waals surface area contributed by atoms with Gasteiger partial charge in [0.1, 0.15) is 0 Å². The molecule has 1 aromatic carbocycles. The van der Waals surface area contributed by atoms with Gasteiger partial charge >= 0.3 is 5.97 Å². The summed E-state index contributed by atoms with van der Waals surface area (Å²) in [5.41, 5.74) is -0.929. The molecule has 0 heterocycles. The highest BCUT2D eigenvalue weighted by molar-refractivity contribution is 7.89. The zero-order valence-corrected chi connectivity index (χ0v) is 11.7. The first-order chi connectivity index (χ1) is 8.60. The van der Waals surface area contributed by atoms with Crippen molar-refractivity contribution in [1.82, 2.24) is 4.72 Å². The van der Waals surface area contributed by atoms with Gasteiger partial charge in [-0.15, -0.1) is 6.42 Å². The molecule has 0 bridgehead atoms. The second-order valence-corrected chi connectivity index (χ2v) is 6.26. The van der Waals surface area contributed by atoms with E-state index in [1.165, 1.54) is 25.1 Å². The fourth-order valence-electron chi connectivity index (χ4n) is 1.56. The molecule has 0 spiro atoms. The Balaban J connectivity index is 3.36. The quantitative estimate of drug-likeness (QED) is 0.817. The minimum absolute atomic E-state index is 0.0543. The first-order valence-electron chi connectivity index (χ1n) is 5.45. The maximum atomic E-state index is 12.2. The Bertz CT molecular complexity index is 654. The van der Waals surface area contributed by atoms with Crippen LogP contribution >= 0.6 is 0 Å². The number of hydrogen-bond donors (Lipinski definition) is 2. The molecule has 0 amide bonds. The second-order valence-electron chi connectivity index (χ2n) is 4.61. The van der Waals surface area contributed by atoms with Crippen molar-refractivity contribution >= 4 is 16.0 Å². The van der Waals surface area contributed by atoms with Gasteiger partial charge in [-0.05, 0) is 38.5 Å². The number of hydrogen-bond acceptors (Lipinski definition) is 3. The third kappa shape index (κ3) is 3.34. The van der Waals surface area contributed by atoms with Crippen molar-refractivity contribution in [3.63, 3.8) is 0 Å². The molecule has 0 aliphatic heterocycles. The number of nitrogens with one attached hydrogen (secondary N) is 1. The molecule has 1 aromatic rings. The van der Waals surface area contributed by atoms with E-state index in [1.807, 2.05) is 0 Å². The molecule has 2 N–H and O–H groups in total.